The van der Waals surface area contributed by atoms with Crippen molar-refractivity contribution < 1.29 is 22.7 Å². The van der Waals surface area contributed by atoms with E-state index in [1.165, 1.54) is 12.1 Å². The minimum absolute atomic E-state index is 0.0404. The number of hydrogen-bond donors (Lipinski definition) is 0. The number of amides is 1. The average Bonchev–Trinajstić information content (AvgIpc) is 3.14. The van der Waals surface area contributed by atoms with Gasteiger partial charge in [-0.25, -0.2) is 0 Å². The van der Waals surface area contributed by atoms with E-state index >= 15 is 0 Å². The highest BCUT2D eigenvalue weighted by atomic mass is 19.4. The van der Waals surface area contributed by atoms with Gasteiger partial charge in [0.2, 0.25) is 5.91 Å². The molecule has 0 radical (unpaired) electrons. The number of piperidine rings is 1. The summed E-state index contributed by atoms with van der Waals surface area (Å²) in [6, 6.07) is 5.06. The molecule has 2 fully saturated rings. The Labute approximate surface area is 146 Å². The van der Waals surface area contributed by atoms with Crippen LogP contribution in [-0.4, -0.2) is 30.0 Å². The molecule has 1 atom stereocenters. The largest absolute Gasteiger partial charge is 0.416 e. The van der Waals surface area contributed by atoms with Crippen LogP contribution < -0.4 is 0 Å². The molecule has 1 aromatic rings. The maximum absolute atomic E-state index is 12.6. The van der Waals surface area contributed by atoms with Gasteiger partial charge < -0.3 is 9.64 Å². The standard InChI is InChI=1S/C19H24F3NO2/c20-19(21,22)16-9-7-14(8-10-16)13-25-17-6-3-11-23(12-17)18(24)15-4-1-2-5-15/h7-10,15,17H,1-6,11-13H2. The molecule has 0 bridgehead atoms. The Hall–Kier alpha value is -1.56. The van der Waals surface area contributed by atoms with E-state index in [2.05, 4.69) is 0 Å². The van der Waals surface area contributed by atoms with E-state index in [4.69, 9.17) is 4.74 Å². The maximum atomic E-state index is 12.6. The summed E-state index contributed by atoms with van der Waals surface area (Å²) in [6.07, 6.45) is 1.70. The lowest BCUT2D eigenvalue weighted by atomic mass is 10.0. The van der Waals surface area contributed by atoms with Gasteiger partial charge in [0, 0.05) is 19.0 Å². The summed E-state index contributed by atoms with van der Waals surface area (Å²) in [5.41, 5.74) is 0.0643. The summed E-state index contributed by atoms with van der Waals surface area (Å²) < 4.78 is 43.6. The normalized spacial score (nSPS) is 22.4. The molecule has 6 heteroatoms. The van der Waals surface area contributed by atoms with Gasteiger partial charge in [0.15, 0.2) is 0 Å². The van der Waals surface area contributed by atoms with Crippen LogP contribution in [0.15, 0.2) is 24.3 Å². The number of benzene rings is 1. The van der Waals surface area contributed by atoms with Crippen LogP contribution in [0.4, 0.5) is 13.2 Å². The summed E-state index contributed by atoms with van der Waals surface area (Å²) >= 11 is 0. The fourth-order valence-corrected chi connectivity index (χ4v) is 3.71. The fraction of sp³-hybridized carbons (Fsp3) is 0.632. The van der Waals surface area contributed by atoms with E-state index in [1.54, 1.807) is 0 Å². The van der Waals surface area contributed by atoms with Gasteiger partial charge in [0.05, 0.1) is 18.3 Å². The minimum atomic E-state index is -4.32. The summed E-state index contributed by atoms with van der Waals surface area (Å²) in [5, 5.41) is 0. The molecule has 2 aliphatic rings. The topological polar surface area (TPSA) is 29.5 Å². The van der Waals surface area contributed by atoms with Gasteiger partial charge in [-0.05, 0) is 43.4 Å². The third-order valence-corrected chi connectivity index (χ3v) is 5.16. The lowest BCUT2D eigenvalue weighted by molar-refractivity contribution is -0.139. The van der Waals surface area contributed by atoms with Gasteiger partial charge in [-0.1, -0.05) is 25.0 Å². The average molecular weight is 355 g/mol. The number of carbonyl (C=O) groups is 1. The first-order valence-electron chi connectivity index (χ1n) is 9.00. The molecule has 0 N–H and O–H groups in total. The fourth-order valence-electron chi connectivity index (χ4n) is 3.71. The second kappa shape index (κ2) is 7.77. The van der Waals surface area contributed by atoms with Crippen molar-refractivity contribution in [2.75, 3.05) is 13.1 Å². The lowest BCUT2D eigenvalue weighted by Gasteiger charge is -2.34. The Kier molecular flexibility index (Phi) is 5.67. The molecular formula is C19H24F3NO2. The highest BCUT2D eigenvalue weighted by Gasteiger charge is 2.31. The molecule has 1 aromatic carbocycles. The SMILES string of the molecule is O=C(C1CCCC1)N1CCCC(OCc2ccc(C(F)(F)F)cc2)C1. The second-order valence-electron chi connectivity index (χ2n) is 7.04. The van der Waals surface area contributed by atoms with Crippen molar-refractivity contribution in [2.45, 2.75) is 57.4 Å². The Bertz CT molecular complexity index is 579. The number of halogens is 3. The van der Waals surface area contributed by atoms with Crippen LogP contribution in [0.1, 0.15) is 49.7 Å². The number of alkyl halides is 3. The Morgan fingerprint density at radius 2 is 1.76 bits per heavy atom. The van der Waals surface area contributed by atoms with E-state index in [1.807, 2.05) is 4.90 Å². The molecule has 1 saturated heterocycles. The predicted molar refractivity (Wildman–Crippen MR) is 87.8 cm³/mol. The molecule has 1 saturated carbocycles. The molecule has 3 nitrogen and oxygen atoms in total. The van der Waals surface area contributed by atoms with Crippen molar-refractivity contribution >= 4 is 5.91 Å². The Balaban J connectivity index is 1.50. The smallest absolute Gasteiger partial charge is 0.372 e. The number of hydrogen-bond acceptors (Lipinski definition) is 2. The van der Waals surface area contributed by atoms with Crippen LogP contribution in [0.5, 0.6) is 0 Å². The number of ether oxygens (including phenoxy) is 1. The van der Waals surface area contributed by atoms with Crippen molar-refractivity contribution in [1.29, 1.82) is 0 Å². The predicted octanol–water partition coefficient (Wildman–Crippen LogP) is 4.40. The third-order valence-electron chi connectivity index (χ3n) is 5.16. The van der Waals surface area contributed by atoms with Gasteiger partial charge in [0.25, 0.3) is 0 Å². The highest BCUT2D eigenvalue weighted by Crippen LogP contribution is 2.30. The minimum Gasteiger partial charge on any atom is -0.372 e. The lowest BCUT2D eigenvalue weighted by Crippen LogP contribution is -2.45. The number of likely N-dealkylation sites (tertiary alicyclic amines) is 1. The van der Waals surface area contributed by atoms with E-state index in [0.29, 0.717) is 12.1 Å². The van der Waals surface area contributed by atoms with Gasteiger partial charge in [-0.15, -0.1) is 0 Å². The van der Waals surface area contributed by atoms with Crippen molar-refractivity contribution in [3.8, 4) is 0 Å². The summed E-state index contributed by atoms with van der Waals surface area (Å²) in [6.45, 7) is 1.65. The molecule has 25 heavy (non-hydrogen) atoms. The van der Waals surface area contributed by atoms with Crippen molar-refractivity contribution in [1.82, 2.24) is 4.90 Å². The Morgan fingerprint density at radius 1 is 1.08 bits per heavy atom. The van der Waals surface area contributed by atoms with Gasteiger partial charge in [-0.2, -0.15) is 13.2 Å². The van der Waals surface area contributed by atoms with Crippen LogP contribution in [-0.2, 0) is 22.3 Å². The van der Waals surface area contributed by atoms with Crippen LogP contribution in [0.3, 0.4) is 0 Å². The zero-order valence-corrected chi connectivity index (χ0v) is 14.2. The van der Waals surface area contributed by atoms with Crippen LogP contribution in [0.25, 0.3) is 0 Å². The number of rotatable bonds is 4. The number of carbonyl (C=O) groups excluding carboxylic acids is 1. The monoisotopic (exact) mass is 355 g/mol. The van der Waals surface area contributed by atoms with Crippen molar-refractivity contribution in [2.24, 2.45) is 5.92 Å². The summed E-state index contributed by atoms with van der Waals surface area (Å²) in [4.78, 5) is 14.4. The number of nitrogens with zero attached hydrogens (tertiary/aromatic N) is 1. The molecule has 1 amide bonds. The van der Waals surface area contributed by atoms with E-state index in [9.17, 15) is 18.0 Å². The third kappa shape index (κ3) is 4.75. The molecule has 0 aromatic heterocycles. The van der Waals surface area contributed by atoms with Crippen LogP contribution >= 0.6 is 0 Å². The first kappa shape index (κ1) is 18.2. The molecule has 0 spiro atoms. The summed E-state index contributed by atoms with van der Waals surface area (Å²) in [5.74, 6) is 0.425. The summed E-state index contributed by atoms with van der Waals surface area (Å²) in [7, 11) is 0. The van der Waals surface area contributed by atoms with E-state index in [-0.39, 0.29) is 24.5 Å². The van der Waals surface area contributed by atoms with Crippen LogP contribution in [0, 0.1) is 5.92 Å². The maximum Gasteiger partial charge on any atom is 0.416 e. The highest BCUT2D eigenvalue weighted by molar-refractivity contribution is 5.79. The molecule has 3 rings (SSSR count). The molecule has 1 heterocycles. The van der Waals surface area contributed by atoms with Gasteiger partial charge in [-0.3, -0.25) is 4.79 Å². The van der Waals surface area contributed by atoms with Gasteiger partial charge >= 0.3 is 6.18 Å². The van der Waals surface area contributed by atoms with E-state index < -0.39 is 11.7 Å². The van der Waals surface area contributed by atoms with Gasteiger partial charge in [0.1, 0.15) is 0 Å². The first-order chi connectivity index (χ1) is 11.9. The van der Waals surface area contributed by atoms with Crippen LogP contribution in [0.2, 0.25) is 0 Å². The first-order valence-corrected chi connectivity index (χ1v) is 9.00. The molecule has 1 unspecified atom stereocenters. The van der Waals surface area contributed by atoms with Crippen molar-refractivity contribution in [3.05, 3.63) is 35.4 Å². The van der Waals surface area contributed by atoms with Crippen molar-refractivity contribution in [3.63, 3.8) is 0 Å². The molecule has 1 aliphatic heterocycles. The Morgan fingerprint density at radius 3 is 2.40 bits per heavy atom. The molecular weight excluding hydrogens is 331 g/mol. The zero-order chi connectivity index (χ0) is 17.9. The molecule has 1 aliphatic carbocycles. The zero-order valence-electron chi connectivity index (χ0n) is 14.2. The molecule has 138 valence electrons. The quantitative estimate of drug-likeness (QED) is 0.801. The van der Waals surface area contributed by atoms with E-state index in [0.717, 1.165) is 57.2 Å². The second-order valence-corrected chi connectivity index (χ2v) is 7.04.